The van der Waals surface area contributed by atoms with E-state index in [4.69, 9.17) is 4.74 Å². The van der Waals surface area contributed by atoms with Crippen molar-refractivity contribution in [1.82, 2.24) is 9.13 Å². The Hall–Kier alpha value is -7.36. The van der Waals surface area contributed by atoms with Crippen molar-refractivity contribution in [3.8, 4) is 16.8 Å². The van der Waals surface area contributed by atoms with Crippen LogP contribution in [0.5, 0.6) is 0 Å². The highest BCUT2D eigenvalue weighted by Crippen LogP contribution is 2.44. The Morgan fingerprint density at radius 3 is 2.00 bits per heavy atom. The summed E-state index contributed by atoms with van der Waals surface area (Å²) in [6, 6.07) is 51.8. The highest BCUT2D eigenvalue weighted by Gasteiger charge is 2.28. The first-order valence-electron chi connectivity index (χ1n) is 22.5. The van der Waals surface area contributed by atoms with Gasteiger partial charge in [-0.25, -0.2) is 0 Å². The van der Waals surface area contributed by atoms with Gasteiger partial charge in [0.1, 0.15) is 5.76 Å². The van der Waals surface area contributed by atoms with E-state index in [1.807, 2.05) is 0 Å². The Labute approximate surface area is 369 Å². The number of aromatic nitrogens is 2. The molecule has 4 unspecified atom stereocenters. The van der Waals surface area contributed by atoms with E-state index in [2.05, 4.69) is 228 Å². The summed E-state index contributed by atoms with van der Waals surface area (Å²) in [5.74, 6) is 1.97. The van der Waals surface area contributed by atoms with Crippen molar-refractivity contribution in [1.29, 1.82) is 0 Å². The molecular formula is C60H48N2O. The molecule has 0 radical (unpaired) electrons. The van der Waals surface area contributed by atoms with Crippen LogP contribution in [0.2, 0.25) is 0 Å². The zero-order chi connectivity index (χ0) is 41.9. The molecule has 3 heteroatoms. The second-order valence-corrected chi connectivity index (χ2v) is 17.6. The molecule has 0 bridgehead atoms. The van der Waals surface area contributed by atoms with Gasteiger partial charge >= 0.3 is 0 Å². The van der Waals surface area contributed by atoms with Crippen molar-refractivity contribution in [3.63, 3.8) is 0 Å². The smallest absolute Gasteiger partial charge is 0.196 e. The first kappa shape index (κ1) is 37.4. The molecule has 0 saturated heterocycles. The molecule has 0 saturated carbocycles. The van der Waals surface area contributed by atoms with E-state index in [0.717, 1.165) is 30.6 Å². The molecule has 8 aromatic rings. The van der Waals surface area contributed by atoms with E-state index in [1.54, 1.807) is 0 Å². The zero-order valence-electron chi connectivity index (χ0n) is 35.4. The lowest BCUT2D eigenvalue weighted by atomic mass is 9.83. The maximum absolute atomic E-state index is 6.87. The SMILES string of the molecule is CC1Cc2c(c3ccccc3n2-c2cc(-c3ccccc3)cc(C3C=CC=CC3)c2)C=C1c1ccc2c(c1)c1ccccc1n2C1C=CC=C(c2ccc(C3C=CC=CC3)cc2)O1. The lowest BCUT2D eigenvalue weighted by molar-refractivity contribution is 0.153. The largest absolute Gasteiger partial charge is 0.466 e. The average molecular weight is 813 g/mol. The van der Waals surface area contributed by atoms with Gasteiger partial charge < -0.3 is 13.9 Å². The summed E-state index contributed by atoms with van der Waals surface area (Å²) in [7, 11) is 0. The van der Waals surface area contributed by atoms with Crippen LogP contribution in [-0.2, 0) is 11.2 Å². The second-order valence-electron chi connectivity index (χ2n) is 17.6. The van der Waals surface area contributed by atoms with Gasteiger partial charge in [0.05, 0.1) is 16.6 Å². The summed E-state index contributed by atoms with van der Waals surface area (Å²) in [4.78, 5) is 0. The van der Waals surface area contributed by atoms with Gasteiger partial charge in [-0.15, -0.1) is 0 Å². The minimum Gasteiger partial charge on any atom is -0.466 e. The number of para-hydroxylation sites is 2. The molecule has 0 fully saturated rings. The predicted octanol–water partition coefficient (Wildman–Crippen LogP) is 15.5. The van der Waals surface area contributed by atoms with Crippen LogP contribution in [0.4, 0.5) is 0 Å². The Bertz CT molecular complexity index is 3300. The molecular weight excluding hydrogens is 765 g/mol. The molecule has 0 amide bonds. The molecule has 4 aliphatic rings. The highest BCUT2D eigenvalue weighted by molar-refractivity contribution is 6.10. The second kappa shape index (κ2) is 15.5. The van der Waals surface area contributed by atoms with Crippen LogP contribution in [0.25, 0.3) is 66.9 Å². The fraction of sp³-hybridized carbons (Fsp3) is 0.133. The molecule has 63 heavy (non-hydrogen) atoms. The first-order valence-corrected chi connectivity index (χ1v) is 22.5. The topological polar surface area (TPSA) is 19.1 Å². The first-order chi connectivity index (χ1) is 31.1. The third kappa shape index (κ3) is 6.58. The Kier molecular flexibility index (Phi) is 9.22. The number of nitrogens with zero attached hydrogens (tertiary/aromatic N) is 2. The fourth-order valence-corrected chi connectivity index (χ4v) is 10.6. The molecule has 3 nitrogen and oxygen atoms in total. The number of allylic oxidation sites excluding steroid dienone is 11. The summed E-state index contributed by atoms with van der Waals surface area (Å²) in [6.45, 7) is 2.40. The van der Waals surface area contributed by atoms with Gasteiger partial charge in [0.2, 0.25) is 0 Å². The quantitative estimate of drug-likeness (QED) is 0.157. The van der Waals surface area contributed by atoms with Gasteiger partial charge in [-0.05, 0) is 113 Å². The maximum Gasteiger partial charge on any atom is 0.196 e. The molecule has 0 N–H and O–H groups in total. The third-order valence-electron chi connectivity index (χ3n) is 13.7. The van der Waals surface area contributed by atoms with E-state index < -0.39 is 0 Å². The van der Waals surface area contributed by atoms with Crippen molar-refractivity contribution < 1.29 is 4.74 Å². The van der Waals surface area contributed by atoms with Gasteiger partial charge in [0.25, 0.3) is 0 Å². The Morgan fingerprint density at radius 1 is 0.524 bits per heavy atom. The molecule has 3 aliphatic carbocycles. The van der Waals surface area contributed by atoms with Crippen molar-refractivity contribution >= 4 is 50.1 Å². The average Bonchev–Trinajstić information content (AvgIpc) is 3.86. The van der Waals surface area contributed by atoms with E-state index in [-0.39, 0.29) is 6.23 Å². The fourth-order valence-electron chi connectivity index (χ4n) is 10.6. The van der Waals surface area contributed by atoms with E-state index in [0.29, 0.717) is 17.8 Å². The number of fused-ring (bicyclic) bond motifs is 6. The minimum atomic E-state index is -0.280. The normalized spacial score (nSPS) is 20.3. The van der Waals surface area contributed by atoms with Crippen molar-refractivity contribution in [2.45, 2.75) is 44.2 Å². The van der Waals surface area contributed by atoms with Gasteiger partial charge in [-0.3, -0.25) is 0 Å². The van der Waals surface area contributed by atoms with Crippen LogP contribution in [0.1, 0.15) is 71.3 Å². The lowest BCUT2D eigenvalue weighted by Crippen LogP contribution is -2.13. The number of hydrogen-bond donors (Lipinski definition) is 0. The van der Waals surface area contributed by atoms with Gasteiger partial charge in [-0.2, -0.15) is 0 Å². The molecule has 0 spiro atoms. The van der Waals surface area contributed by atoms with Crippen LogP contribution < -0.4 is 0 Å². The minimum absolute atomic E-state index is 0.280. The van der Waals surface area contributed by atoms with Crippen molar-refractivity contribution in [3.05, 3.63) is 240 Å². The standard InChI is InChI=1S/C60H48N2O/c1-40-34-58-54(51-23-11-13-24-55(51)61(58)49-36-47(42-18-7-3-8-19-42)35-48(37-49)43-20-9-4-10-21-43)39-52(40)46-32-33-57-53(38-46)50-22-12-14-25-56(50)62(57)60-27-15-26-59(63-60)45-30-28-44(29-31-45)41-16-5-2-6-17-41/h2-16,18-20,22-33,35-41,43,60H,17,21,34H2,1H3. The molecule has 1 aliphatic heterocycles. The van der Waals surface area contributed by atoms with Crippen molar-refractivity contribution in [2.24, 2.45) is 5.92 Å². The van der Waals surface area contributed by atoms with Crippen molar-refractivity contribution in [2.75, 3.05) is 0 Å². The molecule has 4 atom stereocenters. The Morgan fingerprint density at radius 2 is 1.22 bits per heavy atom. The lowest BCUT2D eigenvalue weighted by Gasteiger charge is -2.25. The molecule has 304 valence electrons. The van der Waals surface area contributed by atoms with Crippen LogP contribution >= 0.6 is 0 Å². The number of benzene rings is 6. The van der Waals surface area contributed by atoms with Gasteiger partial charge in [0, 0.05) is 50.5 Å². The Balaban J connectivity index is 0.926. The van der Waals surface area contributed by atoms with E-state index in [9.17, 15) is 0 Å². The third-order valence-corrected chi connectivity index (χ3v) is 13.7. The maximum atomic E-state index is 6.87. The van der Waals surface area contributed by atoms with E-state index >= 15 is 0 Å². The number of rotatable bonds is 7. The zero-order valence-corrected chi connectivity index (χ0v) is 35.4. The van der Waals surface area contributed by atoms with Crippen LogP contribution in [-0.4, -0.2) is 9.13 Å². The summed E-state index contributed by atoms with van der Waals surface area (Å²) >= 11 is 0. The molecule has 6 aromatic carbocycles. The summed E-state index contributed by atoms with van der Waals surface area (Å²) < 4.78 is 11.8. The molecule has 12 rings (SSSR count). The monoisotopic (exact) mass is 812 g/mol. The molecule has 3 heterocycles. The predicted molar refractivity (Wildman–Crippen MR) is 264 cm³/mol. The number of hydrogen-bond acceptors (Lipinski definition) is 1. The van der Waals surface area contributed by atoms with Crippen LogP contribution in [0.15, 0.2) is 206 Å². The van der Waals surface area contributed by atoms with Crippen LogP contribution in [0.3, 0.4) is 0 Å². The van der Waals surface area contributed by atoms with Gasteiger partial charge in [0.15, 0.2) is 6.23 Å². The summed E-state index contributed by atoms with van der Waals surface area (Å²) in [6.07, 6.45) is 29.4. The summed E-state index contributed by atoms with van der Waals surface area (Å²) in [5.41, 5.74) is 16.5. The van der Waals surface area contributed by atoms with Crippen LogP contribution in [0, 0.1) is 5.92 Å². The van der Waals surface area contributed by atoms with Gasteiger partial charge in [-0.1, -0.05) is 165 Å². The molecule has 2 aromatic heterocycles. The number of ether oxygens (including phenoxy) is 1. The summed E-state index contributed by atoms with van der Waals surface area (Å²) in [5, 5.41) is 3.78. The highest BCUT2D eigenvalue weighted by atomic mass is 16.5. The van der Waals surface area contributed by atoms with E-state index in [1.165, 1.54) is 83.0 Å².